The van der Waals surface area contributed by atoms with E-state index in [-0.39, 0.29) is 5.54 Å². The van der Waals surface area contributed by atoms with Crippen LogP contribution in [0, 0.1) is 13.8 Å². The number of hydrogen-bond donors (Lipinski definition) is 1. The van der Waals surface area contributed by atoms with Crippen molar-refractivity contribution in [2.75, 3.05) is 0 Å². The number of nitrogens with one attached hydrogen (secondary N) is 1. The Bertz CT molecular complexity index is 598. The van der Waals surface area contributed by atoms with E-state index in [0.29, 0.717) is 5.88 Å². The quantitative estimate of drug-likeness (QED) is 0.904. The first-order valence-corrected chi connectivity index (χ1v) is 7.28. The maximum atomic E-state index is 5.83. The minimum Gasteiger partial charge on any atom is -0.439 e. The van der Waals surface area contributed by atoms with Gasteiger partial charge in [0.05, 0.1) is 0 Å². The lowest BCUT2D eigenvalue weighted by Gasteiger charge is -2.20. The van der Waals surface area contributed by atoms with Crippen LogP contribution in [0.1, 0.15) is 37.5 Å². The molecule has 0 spiro atoms. The van der Waals surface area contributed by atoms with Gasteiger partial charge in [-0.25, -0.2) is 4.98 Å². The second-order valence-electron chi connectivity index (χ2n) is 6.48. The number of pyridine rings is 1. The maximum Gasteiger partial charge on any atom is 0.222 e. The van der Waals surface area contributed by atoms with E-state index in [9.17, 15) is 0 Å². The van der Waals surface area contributed by atoms with Crippen LogP contribution >= 0.6 is 0 Å². The highest BCUT2D eigenvalue weighted by Gasteiger charge is 2.10. The van der Waals surface area contributed by atoms with Gasteiger partial charge in [-0.3, -0.25) is 0 Å². The number of nitrogens with zero attached hydrogens (tertiary/aromatic N) is 1. The van der Waals surface area contributed by atoms with Gasteiger partial charge >= 0.3 is 0 Å². The maximum absolute atomic E-state index is 5.83. The normalized spacial score (nSPS) is 11.5. The van der Waals surface area contributed by atoms with Crippen LogP contribution in [0.25, 0.3) is 0 Å². The molecule has 0 unspecified atom stereocenters. The summed E-state index contributed by atoms with van der Waals surface area (Å²) in [6, 6.07) is 10.1. The summed E-state index contributed by atoms with van der Waals surface area (Å²) in [5.74, 6) is 1.48. The first-order valence-electron chi connectivity index (χ1n) is 7.28. The summed E-state index contributed by atoms with van der Waals surface area (Å²) in [7, 11) is 0. The predicted molar refractivity (Wildman–Crippen MR) is 86.8 cm³/mol. The smallest absolute Gasteiger partial charge is 0.222 e. The summed E-state index contributed by atoms with van der Waals surface area (Å²) in [5.41, 5.74) is 3.53. The molecule has 0 atom stereocenters. The zero-order valence-electron chi connectivity index (χ0n) is 13.5. The molecule has 21 heavy (non-hydrogen) atoms. The predicted octanol–water partition coefficient (Wildman–Crippen LogP) is 4.38. The topological polar surface area (TPSA) is 34.1 Å². The van der Waals surface area contributed by atoms with E-state index in [1.807, 2.05) is 37.4 Å². The van der Waals surface area contributed by atoms with E-state index in [0.717, 1.165) is 17.9 Å². The van der Waals surface area contributed by atoms with Gasteiger partial charge in [-0.05, 0) is 58.4 Å². The molecule has 0 saturated carbocycles. The Kier molecular flexibility index (Phi) is 4.63. The van der Waals surface area contributed by atoms with Gasteiger partial charge in [0, 0.05) is 23.8 Å². The molecule has 3 heteroatoms. The monoisotopic (exact) mass is 284 g/mol. The van der Waals surface area contributed by atoms with Crippen LogP contribution in [0.3, 0.4) is 0 Å². The molecule has 0 saturated heterocycles. The van der Waals surface area contributed by atoms with Crippen LogP contribution in [0.4, 0.5) is 0 Å². The Labute approximate surface area is 127 Å². The molecule has 2 rings (SSSR count). The highest BCUT2D eigenvalue weighted by atomic mass is 16.5. The third kappa shape index (κ3) is 4.87. The fourth-order valence-corrected chi connectivity index (χ4v) is 1.91. The van der Waals surface area contributed by atoms with Gasteiger partial charge in [0.25, 0.3) is 0 Å². The molecule has 1 heterocycles. The number of hydrogen-bond acceptors (Lipinski definition) is 3. The van der Waals surface area contributed by atoms with Gasteiger partial charge < -0.3 is 10.1 Å². The van der Waals surface area contributed by atoms with Crippen LogP contribution in [0.15, 0.2) is 36.5 Å². The number of rotatable bonds is 4. The molecule has 0 fully saturated rings. The van der Waals surface area contributed by atoms with E-state index >= 15 is 0 Å². The molecule has 112 valence electrons. The Hall–Kier alpha value is -1.87. The average molecular weight is 284 g/mol. The molecule has 1 aromatic heterocycles. The van der Waals surface area contributed by atoms with Gasteiger partial charge in [0.15, 0.2) is 0 Å². The number of ether oxygens (including phenoxy) is 1. The van der Waals surface area contributed by atoms with E-state index < -0.39 is 0 Å². The van der Waals surface area contributed by atoms with Crippen LogP contribution in [0.5, 0.6) is 11.6 Å². The molecule has 0 amide bonds. The summed E-state index contributed by atoms with van der Waals surface area (Å²) in [5, 5.41) is 3.46. The van der Waals surface area contributed by atoms with Crippen molar-refractivity contribution in [2.24, 2.45) is 0 Å². The number of aryl methyl sites for hydroxylation is 2. The van der Waals surface area contributed by atoms with E-state index in [1.165, 1.54) is 11.1 Å². The van der Waals surface area contributed by atoms with Gasteiger partial charge in [-0.2, -0.15) is 0 Å². The summed E-state index contributed by atoms with van der Waals surface area (Å²) < 4.78 is 5.83. The molecule has 0 bridgehead atoms. The summed E-state index contributed by atoms with van der Waals surface area (Å²) in [6.45, 7) is 11.4. The third-order valence-electron chi connectivity index (χ3n) is 3.15. The molecule has 2 aromatic rings. The van der Waals surface area contributed by atoms with Crippen molar-refractivity contribution in [1.29, 1.82) is 0 Å². The first kappa shape index (κ1) is 15.5. The Morgan fingerprint density at radius 3 is 2.33 bits per heavy atom. The van der Waals surface area contributed by atoms with Crippen molar-refractivity contribution in [3.63, 3.8) is 0 Å². The zero-order valence-corrected chi connectivity index (χ0v) is 13.5. The van der Waals surface area contributed by atoms with Gasteiger partial charge in [-0.15, -0.1) is 0 Å². The first-order chi connectivity index (χ1) is 9.83. The van der Waals surface area contributed by atoms with Gasteiger partial charge in [0.2, 0.25) is 5.88 Å². The molecular formula is C18H24N2O. The summed E-state index contributed by atoms with van der Waals surface area (Å²) in [6.07, 6.45) is 1.87. The molecule has 0 aliphatic heterocycles. The Balaban J connectivity index is 2.07. The zero-order chi connectivity index (χ0) is 15.5. The Morgan fingerprint density at radius 2 is 1.76 bits per heavy atom. The number of benzene rings is 1. The third-order valence-corrected chi connectivity index (χ3v) is 3.15. The highest BCUT2D eigenvalue weighted by Crippen LogP contribution is 2.23. The lowest BCUT2D eigenvalue weighted by atomic mass is 10.1. The molecule has 3 nitrogen and oxygen atoms in total. The van der Waals surface area contributed by atoms with Crippen LogP contribution in [-0.2, 0) is 6.54 Å². The molecule has 0 aliphatic carbocycles. The van der Waals surface area contributed by atoms with Crippen molar-refractivity contribution in [3.8, 4) is 11.6 Å². The van der Waals surface area contributed by atoms with Crippen molar-refractivity contribution in [1.82, 2.24) is 10.3 Å². The van der Waals surface area contributed by atoms with E-state index in [4.69, 9.17) is 4.74 Å². The molecule has 0 aliphatic rings. The van der Waals surface area contributed by atoms with E-state index in [1.54, 1.807) is 0 Å². The van der Waals surface area contributed by atoms with Gasteiger partial charge in [-0.1, -0.05) is 17.7 Å². The second-order valence-corrected chi connectivity index (χ2v) is 6.48. The lowest BCUT2D eigenvalue weighted by molar-refractivity contribution is 0.422. The summed E-state index contributed by atoms with van der Waals surface area (Å²) >= 11 is 0. The minimum atomic E-state index is 0.102. The fourth-order valence-electron chi connectivity index (χ4n) is 1.91. The molecule has 1 aromatic carbocycles. The lowest BCUT2D eigenvalue weighted by Crippen LogP contribution is -2.35. The van der Waals surface area contributed by atoms with Crippen molar-refractivity contribution < 1.29 is 4.74 Å². The SMILES string of the molecule is Cc1ccc(Oc2ncc(CNC(C)(C)C)cc2C)cc1. The minimum absolute atomic E-state index is 0.102. The van der Waals surface area contributed by atoms with Crippen molar-refractivity contribution in [2.45, 2.75) is 46.7 Å². The second kappa shape index (κ2) is 6.27. The van der Waals surface area contributed by atoms with Crippen LogP contribution in [-0.4, -0.2) is 10.5 Å². The molecule has 1 N–H and O–H groups in total. The standard InChI is InChI=1S/C18H24N2O/c1-13-6-8-16(9-7-13)21-17-14(2)10-15(11-19-17)12-20-18(3,4)5/h6-11,20H,12H2,1-5H3. The Morgan fingerprint density at radius 1 is 1.10 bits per heavy atom. The fraction of sp³-hybridized carbons (Fsp3) is 0.389. The molecule has 0 radical (unpaired) electrons. The van der Waals surface area contributed by atoms with Crippen LogP contribution in [0.2, 0.25) is 0 Å². The number of aromatic nitrogens is 1. The van der Waals surface area contributed by atoms with Crippen molar-refractivity contribution >= 4 is 0 Å². The van der Waals surface area contributed by atoms with Crippen LogP contribution < -0.4 is 10.1 Å². The highest BCUT2D eigenvalue weighted by molar-refractivity contribution is 5.34. The van der Waals surface area contributed by atoms with Gasteiger partial charge in [0.1, 0.15) is 5.75 Å². The van der Waals surface area contributed by atoms with Crippen molar-refractivity contribution in [3.05, 3.63) is 53.2 Å². The average Bonchev–Trinajstić information content (AvgIpc) is 2.41. The largest absolute Gasteiger partial charge is 0.439 e. The molecular weight excluding hydrogens is 260 g/mol. The van der Waals surface area contributed by atoms with E-state index in [2.05, 4.69) is 44.1 Å². The summed E-state index contributed by atoms with van der Waals surface area (Å²) in [4.78, 5) is 4.43.